The molecule has 4 aliphatic carbocycles. The first-order valence-electron chi connectivity index (χ1n) is 51.8. The van der Waals surface area contributed by atoms with E-state index < -0.39 is 0 Å². The molecule has 11 heteroatoms. The smallest absolute Gasteiger partial charge is 0.252 e. The number of aromatic nitrogens is 1. The van der Waals surface area contributed by atoms with Crippen LogP contribution in [0.2, 0.25) is 0 Å². The second-order valence-electron chi connectivity index (χ2n) is 41.3. The minimum Gasteiger partial charge on any atom is -0.378 e. The summed E-state index contributed by atoms with van der Waals surface area (Å²) < 4.78 is 0. The number of fused-ring (bicyclic) bond motifs is 15. The Morgan fingerprint density at radius 3 is 0.922 bits per heavy atom. The molecule has 0 unspecified atom stereocenters. The fourth-order valence-electron chi connectivity index (χ4n) is 26.1. The van der Waals surface area contributed by atoms with Gasteiger partial charge in [-0.1, -0.05) is 302 Å². The maximum atomic E-state index is 4.36. The molecule has 18 aromatic rings. The summed E-state index contributed by atoms with van der Waals surface area (Å²) in [7, 11) is 4.28. The summed E-state index contributed by atoms with van der Waals surface area (Å²) in [5.74, 6) is 1.76. The molecule has 141 heavy (non-hydrogen) atoms. The molecule has 0 N–H and O–H groups in total. The molecule has 17 aromatic carbocycles. The van der Waals surface area contributed by atoms with Gasteiger partial charge in [0.25, 0.3) is 20.1 Å². The second-order valence-corrected chi connectivity index (χ2v) is 41.3. The van der Waals surface area contributed by atoms with Gasteiger partial charge in [0.1, 0.15) is 0 Å². The van der Waals surface area contributed by atoms with Crippen molar-refractivity contribution < 1.29 is 0 Å². The van der Waals surface area contributed by atoms with E-state index in [0.29, 0.717) is 17.8 Å². The number of benzene rings is 17. The summed E-state index contributed by atoms with van der Waals surface area (Å²) >= 11 is 0. The largest absolute Gasteiger partial charge is 0.378 e. The summed E-state index contributed by atoms with van der Waals surface area (Å²) in [6, 6.07) is 150. The van der Waals surface area contributed by atoms with E-state index in [1.165, 1.54) is 309 Å². The maximum Gasteiger partial charge on any atom is 0.252 e. The van der Waals surface area contributed by atoms with Gasteiger partial charge in [-0.2, -0.15) is 0 Å². The zero-order valence-electron chi connectivity index (χ0n) is 80.9. The van der Waals surface area contributed by atoms with E-state index in [4.69, 9.17) is 0 Å². The van der Waals surface area contributed by atoms with Crippen LogP contribution in [0.4, 0.5) is 108 Å². The standard InChI is InChI=1S/C51H43BN2.C41H34BN3.C38H36BN3/c1-51(2)42-23-13-12-22-40(42)41-28-26-35(30-43(41)51)36-27-29-47-45(31-36)52-44-24-14-15-25-46(44)53(38-18-8-4-9-19-38)48-32-37(34-16-6-3-7-17-34)33-49(50(48)52)54(47)39-20-10-5-11-21-39;1-3-12-29(13-4-1)32-26-39-41-40(27-32)45(34-23-21-30(22-24-34)31-14-11-25-43-28-31)38-20-10-8-18-36(38)42(41)35-17-7-9-19-37(35)44(39)33-15-5-2-6-16-33;1-40(2)31-22-23-35-33(26-31)39-32-20-12-13-21-34(32)41(29-16-8-4-9-17-29)36-24-28(27-14-6-3-7-15-27)25-37(38(36)39)42(35)30-18-10-5-11-19-30/h4-5,8-15,18-34H,3,6-7,16-17H2,1-2H3;2,5-11,14-29H,1,3-4,12-13H2;4-5,8-13,16-27H,3,6-7,14-15H2,1-2H3. The van der Waals surface area contributed by atoms with Crippen molar-refractivity contribution >= 4 is 177 Å². The zero-order chi connectivity index (χ0) is 93.9. The summed E-state index contributed by atoms with van der Waals surface area (Å²) in [6.07, 6.45) is 23.3. The number of rotatable bonds is 12. The number of hydrogen-bond donors (Lipinski definition) is 0. The Hall–Kier alpha value is -15.3. The third-order valence-corrected chi connectivity index (χ3v) is 32.7. The van der Waals surface area contributed by atoms with E-state index in [-0.39, 0.29) is 25.6 Å². The van der Waals surface area contributed by atoms with Crippen LogP contribution in [-0.2, 0) is 5.41 Å². The fraction of sp³-hybridized carbons (Fsp3) is 0.177. The number of nitrogens with zero attached hydrogens (tertiary/aromatic N) is 8. The van der Waals surface area contributed by atoms with Gasteiger partial charge in [0.05, 0.1) is 0 Å². The molecule has 1 aromatic heterocycles. The number of anilines is 19. The highest BCUT2D eigenvalue weighted by Crippen LogP contribution is 2.55. The van der Waals surface area contributed by atoms with Gasteiger partial charge in [-0.05, 0) is 337 Å². The lowest BCUT2D eigenvalue weighted by molar-refractivity contribution is 0.444. The quantitative estimate of drug-likeness (QED) is 0.112. The fourth-order valence-corrected chi connectivity index (χ4v) is 26.1. The van der Waals surface area contributed by atoms with Crippen LogP contribution in [0, 0.1) is 0 Å². The van der Waals surface area contributed by atoms with Crippen molar-refractivity contribution in [1.82, 2.24) is 4.98 Å². The van der Waals surface area contributed by atoms with Gasteiger partial charge in [0.2, 0.25) is 0 Å². The van der Waals surface area contributed by atoms with Gasteiger partial charge in [-0.15, -0.1) is 0 Å². The highest BCUT2D eigenvalue weighted by Gasteiger charge is 2.49. The van der Waals surface area contributed by atoms with Gasteiger partial charge in [0, 0.05) is 140 Å². The molecule has 0 saturated heterocycles. The van der Waals surface area contributed by atoms with E-state index in [1.54, 1.807) is 0 Å². The van der Waals surface area contributed by atoms with E-state index in [1.807, 2.05) is 18.5 Å². The molecule has 0 radical (unpaired) electrons. The zero-order valence-corrected chi connectivity index (χ0v) is 80.9. The molecule has 3 saturated carbocycles. The van der Waals surface area contributed by atoms with Crippen molar-refractivity contribution in [2.45, 2.75) is 133 Å². The molecule has 10 aliphatic rings. The first-order chi connectivity index (χ1) is 69.6. The van der Waals surface area contributed by atoms with Gasteiger partial charge in [-0.3, -0.25) is 4.98 Å². The first-order valence-corrected chi connectivity index (χ1v) is 51.8. The number of pyridine rings is 1. The summed E-state index contributed by atoms with van der Waals surface area (Å²) in [6.45, 7) is 5.17. The Morgan fingerprint density at radius 2 is 0.546 bits per heavy atom. The predicted molar refractivity (Wildman–Crippen MR) is 599 cm³/mol. The Labute approximate surface area is 832 Å². The van der Waals surface area contributed by atoms with Crippen LogP contribution in [0.5, 0.6) is 0 Å². The van der Waals surface area contributed by atoms with Gasteiger partial charge in [0.15, 0.2) is 0 Å². The third-order valence-electron chi connectivity index (χ3n) is 32.7. The van der Waals surface area contributed by atoms with Crippen LogP contribution < -0.4 is 83.5 Å². The molecule has 0 spiro atoms. The highest BCUT2D eigenvalue weighted by atomic mass is 15.2. The second kappa shape index (κ2) is 35.8. The van der Waals surface area contributed by atoms with Crippen molar-refractivity contribution in [3.8, 4) is 33.4 Å². The van der Waals surface area contributed by atoms with Crippen LogP contribution in [0.15, 0.2) is 413 Å². The summed E-state index contributed by atoms with van der Waals surface area (Å²) in [5, 5.41) is 0. The van der Waals surface area contributed by atoms with Crippen LogP contribution in [0.1, 0.15) is 156 Å². The van der Waals surface area contributed by atoms with Gasteiger partial charge < -0.3 is 34.3 Å². The third kappa shape index (κ3) is 14.8. The SMILES string of the molecule is CC1(C)c2ccccc2-c2ccc(-c3ccc4c(c3)B3c5ccccc5N(c5ccccc5)c5cc(C6CCCCC6)cc(c53)N4c3ccccc3)cc21.CN(C)c1ccc2c(c1)B1c3ccccc3N(c3ccccc3)c3cc(C4CCCCC4)cc(c31)N2c1ccccc1.c1ccc(N2c3ccccc3B3c4ccccc4N(c4ccc(-c5cccnc5)cc4)c4cc(C5CCCCC5)cc2c43)cc1. The summed E-state index contributed by atoms with van der Waals surface area (Å²) in [5.41, 5.74) is 51.2. The lowest BCUT2D eigenvalue weighted by Gasteiger charge is -2.45. The van der Waals surface area contributed by atoms with Crippen LogP contribution >= 0.6 is 0 Å². The molecule has 3 fully saturated rings. The minimum absolute atomic E-state index is 0.0483. The molecule has 0 bridgehead atoms. The molecule has 7 heterocycles. The topological polar surface area (TPSA) is 35.6 Å². The van der Waals surface area contributed by atoms with Crippen molar-refractivity contribution in [2.75, 3.05) is 48.4 Å². The lowest BCUT2D eigenvalue weighted by atomic mass is 9.33. The number of para-hydroxylation sites is 9. The van der Waals surface area contributed by atoms with Crippen molar-refractivity contribution in [1.29, 1.82) is 0 Å². The van der Waals surface area contributed by atoms with Crippen LogP contribution in [0.25, 0.3) is 33.4 Å². The maximum absolute atomic E-state index is 4.36. The Balaban J connectivity index is 0.000000110. The Bertz CT molecular complexity index is 7760. The number of hydrogen-bond acceptors (Lipinski definition) is 8. The minimum atomic E-state index is -0.0483. The molecular formula is C130H113B3N8. The van der Waals surface area contributed by atoms with E-state index in [2.05, 4.69) is 462 Å². The van der Waals surface area contributed by atoms with Crippen LogP contribution in [0.3, 0.4) is 0 Å². The normalized spacial score (nSPS) is 15.8. The molecular weight excluding hydrogens is 1710 g/mol. The average molecular weight is 1820 g/mol. The average Bonchev–Trinajstić information content (AvgIpc) is 1.47. The molecule has 8 nitrogen and oxygen atoms in total. The molecule has 682 valence electrons. The lowest BCUT2D eigenvalue weighted by Crippen LogP contribution is -2.61. The Morgan fingerprint density at radius 1 is 0.241 bits per heavy atom. The first kappa shape index (κ1) is 86.1. The molecule has 6 aliphatic heterocycles. The van der Waals surface area contributed by atoms with Crippen LogP contribution in [-0.4, -0.2) is 39.2 Å². The monoisotopic (exact) mass is 1820 g/mol. The van der Waals surface area contributed by atoms with E-state index >= 15 is 0 Å². The summed E-state index contributed by atoms with van der Waals surface area (Å²) in [4.78, 5) is 21.8. The van der Waals surface area contributed by atoms with Crippen molar-refractivity contribution in [3.63, 3.8) is 0 Å². The molecule has 0 atom stereocenters. The molecule has 28 rings (SSSR count). The molecule has 0 amide bonds. The predicted octanol–water partition coefficient (Wildman–Crippen LogP) is 28.6. The van der Waals surface area contributed by atoms with Crippen molar-refractivity contribution in [3.05, 3.63) is 441 Å². The van der Waals surface area contributed by atoms with E-state index in [9.17, 15) is 0 Å². The van der Waals surface area contributed by atoms with E-state index in [0.717, 1.165) is 5.56 Å². The van der Waals surface area contributed by atoms with Gasteiger partial charge >= 0.3 is 0 Å². The van der Waals surface area contributed by atoms with Crippen molar-refractivity contribution in [2.24, 2.45) is 0 Å². The highest BCUT2D eigenvalue weighted by molar-refractivity contribution is 7.02. The Kier molecular flexibility index (Phi) is 21.9. The van der Waals surface area contributed by atoms with Gasteiger partial charge in [-0.25, -0.2) is 0 Å².